The van der Waals surface area contributed by atoms with Gasteiger partial charge in [0, 0.05) is 82.9 Å². The molecule has 324 valence electrons. The van der Waals surface area contributed by atoms with Crippen LogP contribution in [-0.2, 0) is 21.7 Å². The first-order chi connectivity index (χ1) is 31.5. The van der Waals surface area contributed by atoms with Crippen LogP contribution in [0.4, 0.5) is 11.4 Å². The van der Waals surface area contributed by atoms with Crippen LogP contribution in [0.5, 0.6) is 0 Å². The summed E-state index contributed by atoms with van der Waals surface area (Å²) in [5.74, 6) is 0. The molecule has 0 N–H and O–H groups in total. The Balaban J connectivity index is 1.25. The summed E-state index contributed by atoms with van der Waals surface area (Å²) in [6.45, 7) is 24.0. The SMILES string of the molecule is CC(C)(C)c1ccc(N2B3c4sc5ccc(C(C)(C)C)cc5c4-n4c5cc6c(cc5c5c7sc8ccccc8c7c(c3c54)-c3cc4sc5ccccc5c4cc32)C(C)(C)CCC6(C)C)cc1. The smallest absolute Gasteiger partial charge is 0.343 e. The third-order valence-corrected chi connectivity index (χ3v) is 19.7. The first-order valence-electron chi connectivity index (χ1n) is 23.9. The van der Waals surface area contributed by atoms with E-state index in [1.165, 1.54) is 146 Å². The molecular weight excluding hydrogens is 856 g/mol. The van der Waals surface area contributed by atoms with Gasteiger partial charge >= 0.3 is 6.85 Å². The van der Waals surface area contributed by atoms with Crippen molar-refractivity contribution in [2.75, 3.05) is 4.81 Å². The molecule has 6 heteroatoms. The van der Waals surface area contributed by atoms with Crippen molar-refractivity contribution < 1.29 is 0 Å². The normalized spacial score (nSPS) is 16.4. The van der Waals surface area contributed by atoms with Crippen molar-refractivity contribution in [2.24, 2.45) is 0 Å². The summed E-state index contributed by atoms with van der Waals surface area (Å²) in [6.07, 6.45) is 2.37. The summed E-state index contributed by atoms with van der Waals surface area (Å²) < 4.78 is 11.1. The van der Waals surface area contributed by atoms with Crippen LogP contribution in [0.2, 0.25) is 0 Å². The molecular formula is C60H53BN2S3. The van der Waals surface area contributed by atoms with E-state index in [1.807, 2.05) is 34.0 Å². The van der Waals surface area contributed by atoms with Crippen LogP contribution in [0.1, 0.15) is 104 Å². The Hall–Kier alpha value is -5.40. The highest BCUT2D eigenvalue weighted by molar-refractivity contribution is 7.32. The van der Waals surface area contributed by atoms with E-state index in [9.17, 15) is 0 Å². The molecule has 2 aliphatic heterocycles. The third-order valence-electron chi connectivity index (χ3n) is 16.1. The lowest BCUT2D eigenvalue weighted by molar-refractivity contribution is 0.332. The summed E-state index contributed by atoms with van der Waals surface area (Å²) >= 11 is 5.97. The highest BCUT2D eigenvalue weighted by atomic mass is 32.1. The Morgan fingerprint density at radius 1 is 0.545 bits per heavy atom. The number of fused-ring (bicyclic) bond motifs is 19. The Morgan fingerprint density at radius 3 is 1.89 bits per heavy atom. The van der Waals surface area contributed by atoms with Gasteiger partial charge in [0.15, 0.2) is 0 Å². The number of benzene rings is 7. The van der Waals surface area contributed by atoms with Gasteiger partial charge in [0.1, 0.15) is 0 Å². The van der Waals surface area contributed by atoms with Gasteiger partial charge in [-0.15, -0.1) is 34.0 Å². The highest BCUT2D eigenvalue weighted by Crippen LogP contribution is 2.57. The van der Waals surface area contributed by atoms with Gasteiger partial charge in [0.05, 0.1) is 16.7 Å². The maximum absolute atomic E-state index is 2.80. The van der Waals surface area contributed by atoms with E-state index in [1.54, 1.807) is 0 Å². The number of thiophene rings is 3. The Bertz CT molecular complexity index is 3970. The van der Waals surface area contributed by atoms with Gasteiger partial charge in [-0.2, -0.15) is 0 Å². The highest BCUT2D eigenvalue weighted by Gasteiger charge is 2.48. The molecule has 0 saturated carbocycles. The first-order valence-corrected chi connectivity index (χ1v) is 26.4. The van der Waals surface area contributed by atoms with Gasteiger partial charge in [-0.3, -0.25) is 0 Å². The van der Waals surface area contributed by atoms with Gasteiger partial charge in [-0.1, -0.05) is 124 Å². The van der Waals surface area contributed by atoms with Crippen LogP contribution in [0, 0.1) is 0 Å². The van der Waals surface area contributed by atoms with Crippen LogP contribution < -0.4 is 15.1 Å². The van der Waals surface area contributed by atoms with E-state index in [4.69, 9.17) is 0 Å². The van der Waals surface area contributed by atoms with Crippen molar-refractivity contribution in [1.29, 1.82) is 0 Å². The van der Waals surface area contributed by atoms with Crippen molar-refractivity contribution in [3.63, 3.8) is 0 Å². The molecule has 14 rings (SSSR count). The molecule has 11 aromatic rings. The molecule has 0 amide bonds. The molecule has 6 heterocycles. The molecule has 0 bridgehead atoms. The standard InChI is InChI=1S/C60H53BN2S3/c1-57(2,3)32-19-22-34(23-20-32)63-44-29-37-35-15-11-13-17-45(35)64-48(37)30-39(44)49-50-36-16-12-14-18-46(36)65-55(50)51-38-28-41-42(60(9,10)26-25-59(41,7)8)31-43(38)62-53-40-27-33(58(4,5)6)21-24-47(40)66-56(53)61(63)52(49)54(51)62/h11-24,27-31H,25-26H2,1-10H3. The second kappa shape index (κ2) is 12.8. The van der Waals surface area contributed by atoms with Gasteiger partial charge < -0.3 is 9.38 Å². The summed E-state index contributed by atoms with van der Waals surface area (Å²) in [5, 5.41) is 9.67. The molecule has 0 unspecified atom stereocenters. The number of nitrogens with zero attached hydrogens (tertiary/aromatic N) is 2. The molecule has 4 aromatic heterocycles. The zero-order valence-corrected chi connectivity index (χ0v) is 42.0. The van der Waals surface area contributed by atoms with Gasteiger partial charge in [-0.25, -0.2) is 0 Å². The number of hydrogen-bond donors (Lipinski definition) is 0. The number of aromatic nitrogens is 1. The average Bonchev–Trinajstić information content (AvgIpc) is 4.04. The molecule has 7 aromatic carbocycles. The van der Waals surface area contributed by atoms with Crippen LogP contribution in [-0.4, -0.2) is 11.4 Å². The van der Waals surface area contributed by atoms with E-state index in [0.29, 0.717) is 0 Å². The molecule has 3 aliphatic rings. The fourth-order valence-corrected chi connectivity index (χ4v) is 16.1. The van der Waals surface area contributed by atoms with Crippen LogP contribution in [0.3, 0.4) is 0 Å². The van der Waals surface area contributed by atoms with Crippen molar-refractivity contribution in [1.82, 2.24) is 4.57 Å². The first kappa shape index (κ1) is 39.7. The summed E-state index contributed by atoms with van der Waals surface area (Å²) in [4.78, 5) is 2.77. The lowest BCUT2D eigenvalue weighted by Crippen LogP contribution is -2.59. The summed E-state index contributed by atoms with van der Waals surface area (Å²) in [6, 6.07) is 45.8. The van der Waals surface area contributed by atoms with Crippen molar-refractivity contribution in [3.05, 3.63) is 138 Å². The van der Waals surface area contributed by atoms with Gasteiger partial charge in [0.2, 0.25) is 0 Å². The predicted octanol–water partition coefficient (Wildman–Crippen LogP) is 16.9. The average molecular weight is 909 g/mol. The minimum atomic E-state index is -0.0503. The van der Waals surface area contributed by atoms with Gasteiger partial charge in [0.25, 0.3) is 0 Å². The molecule has 0 saturated heterocycles. The lowest BCUT2D eigenvalue weighted by Gasteiger charge is -2.42. The van der Waals surface area contributed by atoms with Crippen molar-refractivity contribution >= 4 is 135 Å². The second-order valence-electron chi connectivity index (χ2n) is 23.1. The van der Waals surface area contributed by atoms with Gasteiger partial charge in [-0.05, 0) is 128 Å². The fourth-order valence-electron chi connectivity index (χ4n) is 12.4. The molecule has 0 radical (unpaired) electrons. The van der Waals surface area contributed by atoms with Crippen molar-refractivity contribution in [2.45, 2.75) is 104 Å². The molecule has 0 spiro atoms. The largest absolute Gasteiger partial charge is 0.376 e. The Morgan fingerprint density at radius 2 is 1.18 bits per heavy atom. The monoisotopic (exact) mass is 908 g/mol. The van der Waals surface area contributed by atoms with Crippen LogP contribution in [0.25, 0.3) is 89.1 Å². The van der Waals surface area contributed by atoms with E-state index >= 15 is 0 Å². The molecule has 1 aliphatic carbocycles. The minimum absolute atomic E-state index is 0.00798. The second-order valence-corrected chi connectivity index (χ2v) is 26.4. The fraction of sp³-hybridized carbons (Fsp3) is 0.267. The number of anilines is 2. The zero-order valence-electron chi connectivity index (χ0n) is 39.6. The number of rotatable bonds is 1. The lowest BCUT2D eigenvalue weighted by atomic mass is 9.47. The molecule has 66 heavy (non-hydrogen) atoms. The molecule has 2 nitrogen and oxygen atoms in total. The third kappa shape index (κ3) is 5.14. The Kier molecular flexibility index (Phi) is 7.69. The van der Waals surface area contributed by atoms with Crippen LogP contribution >= 0.6 is 34.0 Å². The molecule has 0 atom stereocenters. The maximum Gasteiger partial charge on any atom is 0.343 e. The molecule has 0 fully saturated rings. The predicted molar refractivity (Wildman–Crippen MR) is 294 cm³/mol. The van der Waals surface area contributed by atoms with E-state index in [0.717, 1.165) is 0 Å². The summed E-state index contributed by atoms with van der Waals surface area (Å²) in [5.41, 5.74) is 16.9. The quantitative estimate of drug-likeness (QED) is 0.149. The van der Waals surface area contributed by atoms with E-state index in [-0.39, 0.29) is 28.5 Å². The maximum atomic E-state index is 2.80. The van der Waals surface area contributed by atoms with Crippen LogP contribution in [0.15, 0.2) is 115 Å². The van der Waals surface area contributed by atoms with E-state index in [2.05, 4.69) is 194 Å². The zero-order chi connectivity index (χ0) is 45.1. The Labute approximate surface area is 399 Å². The van der Waals surface area contributed by atoms with Crippen molar-refractivity contribution in [3.8, 4) is 16.8 Å². The minimum Gasteiger partial charge on any atom is -0.376 e. The van der Waals surface area contributed by atoms with E-state index < -0.39 is 0 Å². The topological polar surface area (TPSA) is 8.17 Å². The summed E-state index contributed by atoms with van der Waals surface area (Å²) in [7, 11) is 0. The number of hydrogen-bond acceptors (Lipinski definition) is 4.